The Balaban J connectivity index is 1.49. The fourth-order valence-electron chi connectivity index (χ4n) is 4.60. The van der Waals surface area contributed by atoms with Gasteiger partial charge in [0.2, 0.25) is 0 Å². The zero-order chi connectivity index (χ0) is 23.3. The normalized spacial score (nSPS) is 30.8. The van der Waals surface area contributed by atoms with E-state index >= 15 is 0 Å². The summed E-state index contributed by atoms with van der Waals surface area (Å²) in [6, 6.07) is 5.47. The third-order valence-electron chi connectivity index (χ3n) is 6.88. The standard InChI is InChI=1S/C21H26F3N5O3/c1-12(21(22,23)24)13-8-9-29-17(10-13)20(2,26-27-29)19(31)25-14-11-32-16-7-5-4-6-15(16)28(3)18(14)30/h4-7,12-14,17H,8-11H2,1-3H3,(H,25,31)/t12?,13?,14-,17?,20?/m0/s1. The third kappa shape index (κ3) is 3.77. The van der Waals surface area contributed by atoms with E-state index in [-0.39, 0.29) is 18.9 Å². The second kappa shape index (κ2) is 7.93. The monoisotopic (exact) mass is 453 g/mol. The summed E-state index contributed by atoms with van der Waals surface area (Å²) in [7, 11) is 1.60. The van der Waals surface area contributed by atoms with Crippen LogP contribution in [0.4, 0.5) is 18.9 Å². The largest absolute Gasteiger partial charge is 0.489 e. The molecule has 4 rings (SSSR count). The number of ether oxygens (including phenoxy) is 1. The van der Waals surface area contributed by atoms with Gasteiger partial charge in [-0.2, -0.15) is 18.3 Å². The molecule has 4 unspecified atom stereocenters. The molecule has 1 fully saturated rings. The van der Waals surface area contributed by atoms with Crippen molar-refractivity contribution in [2.24, 2.45) is 22.2 Å². The third-order valence-corrected chi connectivity index (χ3v) is 6.88. The highest BCUT2D eigenvalue weighted by atomic mass is 19.4. The van der Waals surface area contributed by atoms with Crippen molar-refractivity contribution in [1.29, 1.82) is 0 Å². The Labute approximate surface area is 183 Å². The average molecular weight is 453 g/mol. The number of carbonyl (C=O) groups excluding carboxylic acids is 2. The summed E-state index contributed by atoms with van der Waals surface area (Å²) in [5.74, 6) is -2.51. The number of benzene rings is 1. The first-order chi connectivity index (χ1) is 15.0. The number of rotatable bonds is 3. The molecule has 32 heavy (non-hydrogen) atoms. The van der Waals surface area contributed by atoms with E-state index in [0.717, 1.165) is 0 Å². The van der Waals surface area contributed by atoms with E-state index in [9.17, 15) is 22.8 Å². The Bertz CT molecular complexity index is 940. The molecular weight excluding hydrogens is 427 g/mol. The van der Waals surface area contributed by atoms with Crippen LogP contribution in [-0.4, -0.2) is 60.8 Å². The van der Waals surface area contributed by atoms with Crippen molar-refractivity contribution in [3.05, 3.63) is 24.3 Å². The van der Waals surface area contributed by atoms with Crippen molar-refractivity contribution in [3.63, 3.8) is 0 Å². The van der Waals surface area contributed by atoms with Crippen molar-refractivity contribution < 1.29 is 27.5 Å². The molecule has 3 aliphatic heterocycles. The molecule has 1 aromatic carbocycles. The second-order valence-electron chi connectivity index (χ2n) is 8.83. The molecule has 11 heteroatoms. The van der Waals surface area contributed by atoms with Gasteiger partial charge in [0.1, 0.15) is 18.4 Å². The Morgan fingerprint density at radius 3 is 2.78 bits per heavy atom. The first-order valence-electron chi connectivity index (χ1n) is 10.6. The minimum absolute atomic E-state index is 0.0682. The number of amides is 2. The Morgan fingerprint density at radius 1 is 1.34 bits per heavy atom. The number of halogens is 3. The fourth-order valence-corrected chi connectivity index (χ4v) is 4.60. The van der Waals surface area contributed by atoms with E-state index < -0.39 is 41.5 Å². The smallest absolute Gasteiger partial charge is 0.391 e. The van der Waals surface area contributed by atoms with Crippen molar-refractivity contribution in [2.75, 3.05) is 25.1 Å². The van der Waals surface area contributed by atoms with Crippen LogP contribution in [0.1, 0.15) is 26.7 Å². The highest BCUT2D eigenvalue weighted by molar-refractivity contribution is 6.01. The lowest BCUT2D eigenvalue weighted by Crippen LogP contribution is -2.60. The van der Waals surface area contributed by atoms with Crippen LogP contribution in [0.2, 0.25) is 0 Å². The molecule has 0 bridgehead atoms. The molecule has 0 aromatic heterocycles. The SMILES string of the molecule is CC(C1CCN2N=NC(C)(C(=O)N[C@H]3COc4ccccc4N(C)C3=O)C2C1)C(F)(F)F. The van der Waals surface area contributed by atoms with Gasteiger partial charge in [-0.05, 0) is 37.8 Å². The molecular formula is C21H26F3N5O3. The lowest BCUT2D eigenvalue weighted by atomic mass is 9.76. The van der Waals surface area contributed by atoms with E-state index in [4.69, 9.17) is 4.74 Å². The predicted molar refractivity (Wildman–Crippen MR) is 109 cm³/mol. The highest BCUT2D eigenvalue weighted by Gasteiger charge is 2.54. The van der Waals surface area contributed by atoms with Crippen LogP contribution in [-0.2, 0) is 9.59 Å². The van der Waals surface area contributed by atoms with Gasteiger partial charge >= 0.3 is 6.18 Å². The summed E-state index contributed by atoms with van der Waals surface area (Å²) in [5, 5.41) is 12.5. The van der Waals surface area contributed by atoms with Crippen LogP contribution < -0.4 is 15.0 Å². The number of nitrogens with zero attached hydrogens (tertiary/aromatic N) is 4. The summed E-state index contributed by atoms with van der Waals surface area (Å²) in [6.07, 6.45) is -3.84. The Hall–Kier alpha value is -2.85. The number of hydrogen-bond donors (Lipinski definition) is 1. The van der Waals surface area contributed by atoms with Crippen LogP contribution in [0.25, 0.3) is 0 Å². The number of hydrogen-bond acceptors (Lipinski definition) is 6. The van der Waals surface area contributed by atoms with Gasteiger partial charge in [0.15, 0.2) is 5.54 Å². The molecule has 3 heterocycles. The van der Waals surface area contributed by atoms with Gasteiger partial charge in [-0.15, -0.1) is 0 Å². The molecule has 8 nitrogen and oxygen atoms in total. The minimum atomic E-state index is -4.30. The minimum Gasteiger partial charge on any atom is -0.489 e. The number of fused-ring (bicyclic) bond motifs is 2. The first-order valence-corrected chi connectivity index (χ1v) is 10.6. The number of para-hydroxylation sites is 2. The Kier molecular flexibility index (Phi) is 5.54. The zero-order valence-corrected chi connectivity index (χ0v) is 18.1. The summed E-state index contributed by atoms with van der Waals surface area (Å²) in [4.78, 5) is 27.6. The topological polar surface area (TPSA) is 86.6 Å². The van der Waals surface area contributed by atoms with E-state index in [1.165, 1.54) is 11.8 Å². The lowest BCUT2D eigenvalue weighted by molar-refractivity contribution is -0.189. The van der Waals surface area contributed by atoms with Crippen LogP contribution >= 0.6 is 0 Å². The first kappa shape index (κ1) is 22.3. The highest BCUT2D eigenvalue weighted by Crippen LogP contribution is 2.43. The maximum absolute atomic E-state index is 13.3. The molecule has 0 spiro atoms. The molecule has 3 aliphatic rings. The van der Waals surface area contributed by atoms with Gasteiger partial charge in [-0.1, -0.05) is 24.3 Å². The lowest BCUT2D eigenvalue weighted by Gasteiger charge is -2.40. The fraction of sp³-hybridized carbons (Fsp3) is 0.619. The predicted octanol–water partition coefficient (Wildman–Crippen LogP) is 2.95. The van der Waals surface area contributed by atoms with E-state index in [2.05, 4.69) is 15.7 Å². The Morgan fingerprint density at radius 2 is 2.06 bits per heavy atom. The number of nitrogens with one attached hydrogen (secondary N) is 1. The number of piperidine rings is 1. The van der Waals surface area contributed by atoms with Crippen molar-refractivity contribution in [2.45, 2.75) is 50.5 Å². The molecule has 0 aliphatic carbocycles. The molecule has 1 saturated heterocycles. The molecule has 174 valence electrons. The van der Waals surface area contributed by atoms with E-state index in [0.29, 0.717) is 24.4 Å². The van der Waals surface area contributed by atoms with Crippen molar-refractivity contribution in [1.82, 2.24) is 10.3 Å². The summed E-state index contributed by atoms with van der Waals surface area (Å²) < 4.78 is 45.5. The van der Waals surface area contributed by atoms with Crippen molar-refractivity contribution in [3.8, 4) is 5.75 Å². The van der Waals surface area contributed by atoms with Gasteiger partial charge in [0.25, 0.3) is 11.8 Å². The van der Waals surface area contributed by atoms with Crippen LogP contribution in [0.15, 0.2) is 34.6 Å². The maximum Gasteiger partial charge on any atom is 0.391 e. The molecule has 0 radical (unpaired) electrons. The van der Waals surface area contributed by atoms with Crippen LogP contribution in [0, 0.1) is 11.8 Å². The number of anilines is 1. The average Bonchev–Trinajstić information content (AvgIpc) is 3.06. The molecule has 2 amide bonds. The summed E-state index contributed by atoms with van der Waals surface area (Å²) in [6.45, 7) is 2.96. The zero-order valence-electron chi connectivity index (χ0n) is 18.1. The molecule has 1 aromatic rings. The molecule has 1 N–H and O–H groups in total. The summed E-state index contributed by atoms with van der Waals surface area (Å²) in [5.41, 5.74) is -0.814. The van der Waals surface area contributed by atoms with Crippen molar-refractivity contribution >= 4 is 17.5 Å². The van der Waals surface area contributed by atoms with E-state index in [1.807, 2.05) is 0 Å². The van der Waals surface area contributed by atoms with Gasteiger partial charge in [0, 0.05) is 13.6 Å². The molecule has 5 atom stereocenters. The van der Waals surface area contributed by atoms with E-state index in [1.54, 1.807) is 43.2 Å². The number of carbonyl (C=O) groups is 2. The van der Waals surface area contributed by atoms with Crippen LogP contribution in [0.3, 0.4) is 0 Å². The summed E-state index contributed by atoms with van der Waals surface area (Å²) >= 11 is 0. The van der Waals surface area contributed by atoms with Crippen LogP contribution in [0.5, 0.6) is 5.75 Å². The van der Waals surface area contributed by atoms with Gasteiger partial charge in [-0.25, -0.2) is 0 Å². The van der Waals surface area contributed by atoms with Gasteiger partial charge in [-0.3, -0.25) is 14.6 Å². The van der Waals surface area contributed by atoms with Gasteiger partial charge < -0.3 is 15.0 Å². The second-order valence-corrected chi connectivity index (χ2v) is 8.83. The number of alkyl halides is 3. The maximum atomic E-state index is 13.3. The quantitative estimate of drug-likeness (QED) is 0.763. The van der Waals surface area contributed by atoms with Gasteiger partial charge in [0.05, 0.1) is 17.6 Å². The number of likely N-dealkylation sites (N-methyl/N-ethyl adjacent to an activating group) is 1. The molecule has 0 saturated carbocycles.